The number of benzene rings is 1. The normalized spacial score (nSPS) is 18.1. The monoisotopic (exact) mass is 273 g/mol. The summed E-state index contributed by atoms with van der Waals surface area (Å²) in [6, 6.07) is 7.72. The topological polar surface area (TPSA) is 12.0 Å². The van der Waals surface area contributed by atoms with Gasteiger partial charge in [0.1, 0.15) is 0 Å². The van der Waals surface area contributed by atoms with Gasteiger partial charge in [-0.05, 0) is 54.3 Å². The van der Waals surface area contributed by atoms with Crippen molar-refractivity contribution < 1.29 is 0 Å². The zero-order valence-corrected chi connectivity index (χ0v) is 13.9. The van der Waals surface area contributed by atoms with Crippen LogP contribution < -0.4 is 5.32 Å². The molecular formula is C19H31N. The summed E-state index contributed by atoms with van der Waals surface area (Å²) in [7, 11) is 2.13. The van der Waals surface area contributed by atoms with Crippen molar-refractivity contribution in [2.24, 2.45) is 5.92 Å². The molecule has 0 radical (unpaired) electrons. The highest BCUT2D eigenvalue weighted by Gasteiger charge is 2.27. The maximum Gasteiger partial charge on any atom is 0.0348 e. The van der Waals surface area contributed by atoms with E-state index < -0.39 is 0 Å². The maximum absolute atomic E-state index is 3.60. The summed E-state index contributed by atoms with van der Waals surface area (Å²) in [6.45, 7) is 9.21. The first kappa shape index (κ1) is 15.6. The molecule has 1 saturated carbocycles. The molecule has 1 N–H and O–H groups in total. The molecule has 0 saturated heterocycles. The van der Waals surface area contributed by atoms with Crippen LogP contribution in [0.5, 0.6) is 0 Å². The van der Waals surface area contributed by atoms with Crippen LogP contribution in [-0.4, -0.2) is 7.05 Å². The van der Waals surface area contributed by atoms with Gasteiger partial charge in [0.15, 0.2) is 0 Å². The van der Waals surface area contributed by atoms with Crippen LogP contribution in [0.25, 0.3) is 0 Å². The van der Waals surface area contributed by atoms with Gasteiger partial charge in [0, 0.05) is 6.04 Å². The van der Waals surface area contributed by atoms with Gasteiger partial charge in [-0.25, -0.2) is 0 Å². The van der Waals surface area contributed by atoms with Crippen LogP contribution in [0.1, 0.15) is 87.9 Å². The molecule has 1 aliphatic carbocycles. The molecular weight excluding hydrogens is 242 g/mol. The van der Waals surface area contributed by atoms with E-state index in [-0.39, 0.29) is 0 Å². The molecule has 1 unspecified atom stereocenters. The summed E-state index contributed by atoms with van der Waals surface area (Å²) in [5.74, 6) is 2.03. The van der Waals surface area contributed by atoms with E-state index in [1.54, 1.807) is 11.1 Å². The number of rotatable bonds is 5. The van der Waals surface area contributed by atoms with Gasteiger partial charge in [-0.15, -0.1) is 0 Å². The van der Waals surface area contributed by atoms with Crippen LogP contribution in [-0.2, 0) is 0 Å². The molecule has 0 spiro atoms. The molecule has 0 bridgehead atoms. The zero-order valence-electron chi connectivity index (χ0n) is 13.9. The molecule has 1 aliphatic rings. The maximum atomic E-state index is 3.60. The standard InChI is InChI=1S/C19H31N/c1-13(2)16-10-11-17(18(12-16)14(3)4)19(20-5)15-8-6-7-9-15/h10-15,19-20H,6-9H2,1-5H3. The number of nitrogens with one attached hydrogen (secondary N) is 1. The van der Waals surface area contributed by atoms with Crippen molar-refractivity contribution in [3.05, 3.63) is 34.9 Å². The average Bonchev–Trinajstić information content (AvgIpc) is 2.93. The van der Waals surface area contributed by atoms with Crippen molar-refractivity contribution in [1.82, 2.24) is 5.32 Å². The van der Waals surface area contributed by atoms with Gasteiger partial charge in [-0.3, -0.25) is 0 Å². The molecule has 1 atom stereocenters. The summed E-state index contributed by atoms with van der Waals surface area (Å²) in [4.78, 5) is 0. The Kier molecular flexibility index (Phi) is 5.26. The smallest absolute Gasteiger partial charge is 0.0348 e. The fourth-order valence-corrected chi connectivity index (χ4v) is 3.67. The van der Waals surface area contributed by atoms with Crippen molar-refractivity contribution in [1.29, 1.82) is 0 Å². The van der Waals surface area contributed by atoms with Crippen LogP contribution in [0.3, 0.4) is 0 Å². The molecule has 1 fully saturated rings. The molecule has 0 aliphatic heterocycles. The van der Waals surface area contributed by atoms with Crippen molar-refractivity contribution in [2.75, 3.05) is 7.05 Å². The first-order valence-corrected chi connectivity index (χ1v) is 8.35. The largest absolute Gasteiger partial charge is 0.313 e. The summed E-state index contributed by atoms with van der Waals surface area (Å²) < 4.78 is 0. The van der Waals surface area contributed by atoms with Crippen LogP contribution in [0.15, 0.2) is 18.2 Å². The quantitative estimate of drug-likeness (QED) is 0.759. The lowest BCUT2D eigenvalue weighted by atomic mass is 9.83. The van der Waals surface area contributed by atoms with E-state index >= 15 is 0 Å². The van der Waals surface area contributed by atoms with Crippen LogP contribution in [0.4, 0.5) is 0 Å². The third-order valence-electron chi connectivity index (χ3n) is 4.92. The first-order chi connectivity index (χ1) is 9.54. The van der Waals surface area contributed by atoms with Gasteiger partial charge in [0.25, 0.3) is 0 Å². The Morgan fingerprint density at radius 3 is 2.10 bits per heavy atom. The van der Waals surface area contributed by atoms with Crippen molar-refractivity contribution >= 4 is 0 Å². The van der Waals surface area contributed by atoms with E-state index in [9.17, 15) is 0 Å². The molecule has 1 heteroatoms. The van der Waals surface area contributed by atoms with E-state index in [2.05, 4.69) is 58.3 Å². The molecule has 112 valence electrons. The van der Waals surface area contributed by atoms with Gasteiger partial charge in [0.05, 0.1) is 0 Å². The van der Waals surface area contributed by atoms with Crippen LogP contribution >= 0.6 is 0 Å². The third-order valence-corrected chi connectivity index (χ3v) is 4.92. The Morgan fingerprint density at radius 2 is 1.60 bits per heavy atom. The minimum atomic E-state index is 0.538. The van der Waals surface area contributed by atoms with E-state index in [1.807, 2.05) is 0 Å². The van der Waals surface area contributed by atoms with Crippen molar-refractivity contribution in [2.45, 2.75) is 71.3 Å². The summed E-state index contributed by atoms with van der Waals surface area (Å²) >= 11 is 0. The molecule has 1 aromatic rings. The summed E-state index contributed by atoms with van der Waals surface area (Å²) in [5.41, 5.74) is 4.56. The molecule has 0 aromatic heterocycles. The summed E-state index contributed by atoms with van der Waals surface area (Å²) in [6.07, 6.45) is 5.58. The average molecular weight is 273 g/mol. The predicted molar refractivity (Wildman–Crippen MR) is 88.4 cm³/mol. The molecule has 1 aromatic carbocycles. The minimum Gasteiger partial charge on any atom is -0.313 e. The van der Waals surface area contributed by atoms with Gasteiger partial charge >= 0.3 is 0 Å². The molecule has 2 rings (SSSR count). The zero-order chi connectivity index (χ0) is 14.7. The van der Waals surface area contributed by atoms with Gasteiger partial charge < -0.3 is 5.32 Å². The summed E-state index contributed by atoms with van der Waals surface area (Å²) in [5, 5.41) is 3.60. The number of hydrogen-bond acceptors (Lipinski definition) is 1. The molecule has 0 amide bonds. The van der Waals surface area contributed by atoms with Gasteiger partial charge in [-0.1, -0.05) is 58.7 Å². The number of hydrogen-bond donors (Lipinski definition) is 1. The lowest BCUT2D eigenvalue weighted by molar-refractivity contribution is 0.387. The highest BCUT2D eigenvalue weighted by atomic mass is 14.9. The molecule has 1 nitrogen and oxygen atoms in total. The Labute approximate surface area is 125 Å². The van der Waals surface area contributed by atoms with E-state index in [1.165, 1.54) is 31.2 Å². The highest BCUT2D eigenvalue weighted by Crippen LogP contribution is 2.38. The Bertz CT molecular complexity index is 427. The Morgan fingerprint density at radius 1 is 0.950 bits per heavy atom. The SMILES string of the molecule is CNC(c1ccc(C(C)C)cc1C(C)C)C1CCCC1. The van der Waals surface area contributed by atoms with E-state index in [0.717, 1.165) is 5.92 Å². The van der Waals surface area contributed by atoms with Crippen LogP contribution in [0.2, 0.25) is 0 Å². The Balaban J connectivity index is 2.37. The lowest BCUT2D eigenvalue weighted by Crippen LogP contribution is -2.25. The second-order valence-electron chi connectivity index (χ2n) is 7.01. The molecule has 0 heterocycles. The Hall–Kier alpha value is -0.820. The van der Waals surface area contributed by atoms with Gasteiger partial charge in [-0.2, -0.15) is 0 Å². The van der Waals surface area contributed by atoms with Crippen molar-refractivity contribution in [3.63, 3.8) is 0 Å². The second-order valence-corrected chi connectivity index (χ2v) is 7.01. The molecule has 20 heavy (non-hydrogen) atoms. The fourth-order valence-electron chi connectivity index (χ4n) is 3.67. The predicted octanol–water partition coefficient (Wildman–Crippen LogP) is 5.38. The van der Waals surface area contributed by atoms with Gasteiger partial charge in [0.2, 0.25) is 0 Å². The second kappa shape index (κ2) is 6.76. The fraction of sp³-hybridized carbons (Fsp3) is 0.684. The van der Waals surface area contributed by atoms with E-state index in [4.69, 9.17) is 0 Å². The highest BCUT2D eigenvalue weighted by molar-refractivity contribution is 5.38. The van der Waals surface area contributed by atoms with Crippen molar-refractivity contribution in [3.8, 4) is 0 Å². The third kappa shape index (κ3) is 3.25. The first-order valence-electron chi connectivity index (χ1n) is 8.35. The van der Waals surface area contributed by atoms with Crippen LogP contribution in [0, 0.1) is 5.92 Å². The minimum absolute atomic E-state index is 0.538. The lowest BCUT2D eigenvalue weighted by Gasteiger charge is -2.28. The van der Waals surface area contributed by atoms with E-state index in [0.29, 0.717) is 17.9 Å².